The van der Waals surface area contributed by atoms with Gasteiger partial charge in [-0.2, -0.15) is 0 Å². The molecule has 1 heterocycles. The fourth-order valence-electron chi connectivity index (χ4n) is 3.07. The molecule has 1 fully saturated rings. The minimum atomic E-state index is -0.356. The highest BCUT2D eigenvalue weighted by Gasteiger charge is 2.20. The van der Waals surface area contributed by atoms with Crippen LogP contribution in [0.25, 0.3) is 0 Å². The molecule has 2 rings (SSSR count). The van der Waals surface area contributed by atoms with E-state index in [9.17, 15) is 9.59 Å². The van der Waals surface area contributed by atoms with Crippen LogP contribution in [-0.2, 0) is 16.0 Å². The summed E-state index contributed by atoms with van der Waals surface area (Å²) in [5.74, 6) is 0.338. The summed E-state index contributed by atoms with van der Waals surface area (Å²) in [5, 5.41) is 3.56. The highest BCUT2D eigenvalue weighted by Crippen LogP contribution is 2.31. The lowest BCUT2D eigenvalue weighted by molar-refractivity contribution is -0.116. The van der Waals surface area contributed by atoms with Crippen LogP contribution in [0.3, 0.4) is 0 Å². The number of esters is 1. The van der Waals surface area contributed by atoms with Crippen LogP contribution in [0, 0.1) is 5.92 Å². The maximum atomic E-state index is 12.2. The van der Waals surface area contributed by atoms with Gasteiger partial charge in [0.1, 0.15) is 5.00 Å². The third-order valence-electron chi connectivity index (χ3n) is 4.38. The predicted octanol–water partition coefficient (Wildman–Crippen LogP) is 4.79. The van der Waals surface area contributed by atoms with Crippen molar-refractivity contribution in [3.63, 3.8) is 0 Å². The summed E-state index contributed by atoms with van der Waals surface area (Å²) in [7, 11) is 0. The second kappa shape index (κ2) is 9.06. The van der Waals surface area contributed by atoms with E-state index in [1.807, 2.05) is 13.0 Å². The molecule has 0 saturated heterocycles. The van der Waals surface area contributed by atoms with Gasteiger partial charge in [0.25, 0.3) is 0 Å². The number of nitrogens with one attached hydrogen (secondary N) is 1. The van der Waals surface area contributed by atoms with E-state index in [1.165, 1.54) is 43.4 Å². The molecule has 0 spiro atoms. The summed E-state index contributed by atoms with van der Waals surface area (Å²) in [6, 6.07) is 1.83. The summed E-state index contributed by atoms with van der Waals surface area (Å²) in [5.41, 5.74) is 0.486. The van der Waals surface area contributed by atoms with Gasteiger partial charge < -0.3 is 10.1 Å². The van der Waals surface area contributed by atoms with Gasteiger partial charge in [-0.05, 0) is 31.7 Å². The highest BCUT2D eigenvalue weighted by molar-refractivity contribution is 7.16. The summed E-state index contributed by atoms with van der Waals surface area (Å²) in [6.07, 6.45) is 8.75. The zero-order chi connectivity index (χ0) is 16.7. The Bertz CT molecular complexity index is 532. The molecule has 0 aliphatic heterocycles. The molecule has 4 nitrogen and oxygen atoms in total. The number of carbonyl (C=O) groups excluding carboxylic acids is 2. The maximum Gasteiger partial charge on any atom is 0.341 e. The van der Waals surface area contributed by atoms with E-state index in [4.69, 9.17) is 4.74 Å². The van der Waals surface area contributed by atoms with Crippen LogP contribution in [0.4, 0.5) is 5.00 Å². The van der Waals surface area contributed by atoms with Crippen LogP contribution >= 0.6 is 11.3 Å². The van der Waals surface area contributed by atoms with Crippen molar-refractivity contribution in [3.8, 4) is 0 Å². The van der Waals surface area contributed by atoms with Crippen LogP contribution in [-0.4, -0.2) is 18.5 Å². The summed E-state index contributed by atoms with van der Waals surface area (Å²) in [6.45, 7) is 4.16. The molecule has 1 aromatic rings. The van der Waals surface area contributed by atoms with E-state index in [1.54, 1.807) is 6.92 Å². The quantitative estimate of drug-likeness (QED) is 0.728. The average Bonchev–Trinajstić information content (AvgIpc) is 2.97. The fraction of sp³-hybridized carbons (Fsp3) is 0.667. The number of thiophene rings is 1. The first-order chi connectivity index (χ1) is 11.1. The van der Waals surface area contributed by atoms with Gasteiger partial charge in [-0.25, -0.2) is 4.79 Å². The minimum absolute atomic E-state index is 0.00521. The lowest BCUT2D eigenvalue weighted by atomic mass is 9.86. The standard InChI is InChI=1S/C18H27NO3S/c1-3-14-12-15(18(21)22-4-2)17(23-14)19-16(20)11-10-13-8-6-5-7-9-13/h12-13H,3-11H2,1-2H3,(H,19,20). The zero-order valence-electron chi connectivity index (χ0n) is 14.2. The second-order valence-corrected chi connectivity index (χ2v) is 7.26. The summed E-state index contributed by atoms with van der Waals surface area (Å²) < 4.78 is 5.08. The molecule has 5 heteroatoms. The molecule has 0 radical (unpaired) electrons. The Morgan fingerprint density at radius 3 is 2.65 bits per heavy atom. The molecule has 1 aromatic heterocycles. The van der Waals surface area contributed by atoms with Crippen LogP contribution in [0.15, 0.2) is 6.07 Å². The van der Waals surface area contributed by atoms with Crippen molar-refractivity contribution in [1.29, 1.82) is 0 Å². The van der Waals surface area contributed by atoms with Gasteiger partial charge >= 0.3 is 5.97 Å². The molecule has 1 amide bonds. The van der Waals surface area contributed by atoms with Crippen molar-refractivity contribution < 1.29 is 14.3 Å². The van der Waals surface area contributed by atoms with Crippen molar-refractivity contribution in [1.82, 2.24) is 0 Å². The Morgan fingerprint density at radius 2 is 2.00 bits per heavy atom. The third kappa shape index (κ3) is 5.34. The van der Waals surface area contributed by atoms with Crippen LogP contribution in [0.5, 0.6) is 0 Å². The molecular formula is C18H27NO3S. The fourth-order valence-corrected chi connectivity index (χ4v) is 4.07. The number of aryl methyl sites for hydroxylation is 1. The normalized spacial score (nSPS) is 15.4. The average molecular weight is 337 g/mol. The lowest BCUT2D eigenvalue weighted by Crippen LogP contribution is -2.16. The van der Waals surface area contributed by atoms with E-state index >= 15 is 0 Å². The van der Waals surface area contributed by atoms with Gasteiger partial charge in [0.15, 0.2) is 0 Å². The first kappa shape index (κ1) is 18.0. The van der Waals surface area contributed by atoms with Crippen LogP contribution < -0.4 is 5.32 Å². The number of amides is 1. The van der Waals surface area contributed by atoms with E-state index in [0.29, 0.717) is 29.5 Å². The summed E-state index contributed by atoms with van der Waals surface area (Å²) in [4.78, 5) is 25.3. The summed E-state index contributed by atoms with van der Waals surface area (Å²) >= 11 is 1.47. The number of hydrogen-bond acceptors (Lipinski definition) is 4. The molecule has 1 aliphatic rings. The van der Waals surface area contributed by atoms with Crippen molar-refractivity contribution in [3.05, 3.63) is 16.5 Å². The second-order valence-electron chi connectivity index (χ2n) is 6.12. The van der Waals surface area contributed by atoms with E-state index in [-0.39, 0.29) is 11.9 Å². The molecule has 128 valence electrons. The molecule has 0 aromatic carbocycles. The van der Waals surface area contributed by atoms with Gasteiger partial charge in [0.2, 0.25) is 5.91 Å². The van der Waals surface area contributed by atoms with Crippen molar-refractivity contribution in [2.75, 3.05) is 11.9 Å². The topological polar surface area (TPSA) is 55.4 Å². The maximum absolute atomic E-state index is 12.2. The smallest absolute Gasteiger partial charge is 0.341 e. The predicted molar refractivity (Wildman–Crippen MR) is 94.1 cm³/mol. The Morgan fingerprint density at radius 1 is 1.26 bits per heavy atom. The molecule has 0 unspecified atom stereocenters. The first-order valence-corrected chi connectivity index (χ1v) is 9.55. The Labute approximate surface area is 142 Å². The Balaban J connectivity index is 1.93. The van der Waals surface area contributed by atoms with Gasteiger partial charge in [0.05, 0.1) is 12.2 Å². The molecule has 1 N–H and O–H groups in total. The molecule has 1 saturated carbocycles. The van der Waals surface area contributed by atoms with Crippen molar-refractivity contribution >= 4 is 28.2 Å². The van der Waals surface area contributed by atoms with Gasteiger partial charge in [-0.1, -0.05) is 39.0 Å². The zero-order valence-corrected chi connectivity index (χ0v) is 15.0. The van der Waals surface area contributed by atoms with Gasteiger partial charge in [-0.15, -0.1) is 11.3 Å². The number of rotatable bonds is 7. The monoisotopic (exact) mass is 337 g/mol. The van der Waals surface area contributed by atoms with Crippen molar-refractivity contribution in [2.45, 2.75) is 65.2 Å². The highest BCUT2D eigenvalue weighted by atomic mass is 32.1. The SMILES string of the molecule is CCOC(=O)c1cc(CC)sc1NC(=O)CCC1CCCCC1. The van der Waals surface area contributed by atoms with E-state index < -0.39 is 0 Å². The third-order valence-corrected chi connectivity index (χ3v) is 5.58. The Hall–Kier alpha value is -1.36. The Kier molecular flexibility index (Phi) is 7.09. The van der Waals surface area contributed by atoms with Gasteiger partial charge in [0, 0.05) is 11.3 Å². The first-order valence-electron chi connectivity index (χ1n) is 8.73. The van der Waals surface area contributed by atoms with Crippen molar-refractivity contribution in [2.24, 2.45) is 5.92 Å². The van der Waals surface area contributed by atoms with E-state index in [2.05, 4.69) is 5.32 Å². The lowest BCUT2D eigenvalue weighted by Gasteiger charge is -2.20. The van der Waals surface area contributed by atoms with Crippen LogP contribution in [0.2, 0.25) is 0 Å². The number of carbonyl (C=O) groups is 2. The molecule has 0 bridgehead atoms. The molecule has 23 heavy (non-hydrogen) atoms. The molecular weight excluding hydrogens is 310 g/mol. The van der Waals surface area contributed by atoms with E-state index in [0.717, 1.165) is 17.7 Å². The molecule has 1 aliphatic carbocycles. The number of ether oxygens (including phenoxy) is 1. The van der Waals surface area contributed by atoms with Gasteiger partial charge in [-0.3, -0.25) is 4.79 Å². The largest absolute Gasteiger partial charge is 0.462 e. The minimum Gasteiger partial charge on any atom is -0.462 e. The molecule has 0 atom stereocenters. The number of hydrogen-bond donors (Lipinski definition) is 1. The van der Waals surface area contributed by atoms with Crippen LogP contribution in [0.1, 0.15) is 74.0 Å². The number of anilines is 1.